The van der Waals surface area contributed by atoms with Gasteiger partial charge in [-0.25, -0.2) is 0 Å². The number of halogens is 3. The number of methoxy groups -OCH3 is 1. The van der Waals surface area contributed by atoms with E-state index in [9.17, 15) is 28.2 Å². The Kier molecular flexibility index (Phi) is 6.19. The molecule has 2 N–H and O–H groups in total. The van der Waals surface area contributed by atoms with Crippen LogP contribution in [0.5, 0.6) is 5.75 Å². The molecule has 5 nitrogen and oxygen atoms in total. The van der Waals surface area contributed by atoms with Gasteiger partial charge in [0.2, 0.25) is 0 Å². The average molecular weight is 322 g/mol. The molecule has 8 heteroatoms. The fraction of sp³-hybridized carbons (Fsp3) is 0.500. The topological polar surface area (TPSA) is 76.0 Å². The van der Waals surface area contributed by atoms with Gasteiger partial charge >= 0.3 is 12.1 Å². The van der Waals surface area contributed by atoms with Crippen molar-refractivity contribution in [2.75, 3.05) is 13.7 Å². The zero-order chi connectivity index (χ0) is 16.9. The SMILES string of the molecule is CCOC(=O)CC(O)C(O)c1ccc(OC)c(C(F)(F)F)c1. The largest absolute Gasteiger partial charge is 0.496 e. The summed E-state index contributed by atoms with van der Waals surface area (Å²) in [4.78, 5) is 11.2. The third kappa shape index (κ3) is 4.60. The molecule has 124 valence electrons. The molecule has 0 spiro atoms. The average Bonchev–Trinajstić information content (AvgIpc) is 2.45. The summed E-state index contributed by atoms with van der Waals surface area (Å²) in [6.45, 7) is 1.67. The lowest BCUT2D eigenvalue weighted by atomic mass is 9.99. The fourth-order valence-electron chi connectivity index (χ4n) is 1.86. The molecule has 0 fully saturated rings. The molecule has 0 bridgehead atoms. The molecule has 0 radical (unpaired) electrons. The maximum atomic E-state index is 12.9. The molecule has 0 saturated heterocycles. The maximum Gasteiger partial charge on any atom is 0.419 e. The van der Waals surface area contributed by atoms with Crippen LogP contribution in [0.15, 0.2) is 18.2 Å². The van der Waals surface area contributed by atoms with Gasteiger partial charge in [0.05, 0.1) is 31.8 Å². The lowest BCUT2D eigenvalue weighted by Gasteiger charge is -2.20. The van der Waals surface area contributed by atoms with Crippen LogP contribution in [0.4, 0.5) is 13.2 Å². The highest BCUT2D eigenvalue weighted by molar-refractivity contribution is 5.70. The molecular weight excluding hydrogens is 305 g/mol. The maximum absolute atomic E-state index is 12.9. The first-order valence-corrected chi connectivity index (χ1v) is 6.47. The smallest absolute Gasteiger partial charge is 0.419 e. The summed E-state index contributed by atoms with van der Waals surface area (Å²) < 4.78 is 47.9. The molecule has 0 aliphatic carbocycles. The van der Waals surface area contributed by atoms with Crippen LogP contribution < -0.4 is 4.74 Å². The number of carbonyl (C=O) groups excluding carboxylic acids is 1. The van der Waals surface area contributed by atoms with Crippen LogP contribution in [0.3, 0.4) is 0 Å². The minimum atomic E-state index is -4.67. The summed E-state index contributed by atoms with van der Waals surface area (Å²) in [5.41, 5.74) is -1.25. The van der Waals surface area contributed by atoms with Crippen LogP contribution in [0.2, 0.25) is 0 Å². The highest BCUT2D eigenvalue weighted by Crippen LogP contribution is 2.38. The Hall–Kier alpha value is -1.80. The zero-order valence-electron chi connectivity index (χ0n) is 12.1. The first-order chi connectivity index (χ1) is 10.2. The predicted octanol–water partition coefficient (Wildman–Crippen LogP) is 2.06. The Morgan fingerprint density at radius 3 is 2.45 bits per heavy atom. The minimum absolute atomic E-state index is 0.0996. The van der Waals surface area contributed by atoms with Crippen molar-refractivity contribution in [3.05, 3.63) is 29.3 Å². The van der Waals surface area contributed by atoms with Gasteiger partial charge in [0, 0.05) is 0 Å². The lowest BCUT2D eigenvalue weighted by molar-refractivity contribution is -0.147. The number of rotatable bonds is 6. The van der Waals surface area contributed by atoms with Crippen molar-refractivity contribution in [2.45, 2.75) is 31.7 Å². The van der Waals surface area contributed by atoms with E-state index in [1.54, 1.807) is 6.92 Å². The number of alkyl halides is 3. The van der Waals surface area contributed by atoms with E-state index in [1.807, 2.05) is 0 Å². The highest BCUT2D eigenvalue weighted by Gasteiger charge is 2.35. The van der Waals surface area contributed by atoms with Crippen LogP contribution in [-0.2, 0) is 15.7 Å². The van der Waals surface area contributed by atoms with E-state index in [1.165, 1.54) is 6.07 Å². The Morgan fingerprint density at radius 2 is 1.95 bits per heavy atom. The number of ether oxygens (including phenoxy) is 2. The minimum Gasteiger partial charge on any atom is -0.496 e. The number of hydrogen-bond acceptors (Lipinski definition) is 5. The summed E-state index contributed by atoms with van der Waals surface area (Å²) in [6, 6.07) is 2.91. The predicted molar refractivity (Wildman–Crippen MR) is 70.2 cm³/mol. The quantitative estimate of drug-likeness (QED) is 0.784. The molecule has 1 rings (SSSR count). The molecule has 0 amide bonds. The fourth-order valence-corrected chi connectivity index (χ4v) is 1.86. The van der Waals surface area contributed by atoms with Crippen molar-refractivity contribution < 1.29 is 37.7 Å². The first-order valence-electron chi connectivity index (χ1n) is 6.47. The molecule has 0 aliphatic heterocycles. The van der Waals surface area contributed by atoms with Crippen molar-refractivity contribution in [3.63, 3.8) is 0 Å². The van der Waals surface area contributed by atoms with E-state index in [-0.39, 0.29) is 12.2 Å². The van der Waals surface area contributed by atoms with Crippen LogP contribution in [0.25, 0.3) is 0 Å². The van der Waals surface area contributed by atoms with Crippen LogP contribution in [-0.4, -0.2) is 36.0 Å². The first kappa shape index (κ1) is 18.2. The second kappa shape index (κ2) is 7.46. The molecular formula is C14H17F3O5. The normalized spacial score (nSPS) is 14.3. The van der Waals surface area contributed by atoms with Crippen molar-refractivity contribution in [3.8, 4) is 5.75 Å². The van der Waals surface area contributed by atoms with Crippen LogP contribution in [0, 0.1) is 0 Å². The van der Waals surface area contributed by atoms with Crippen molar-refractivity contribution in [1.29, 1.82) is 0 Å². The Balaban J connectivity index is 2.98. The van der Waals surface area contributed by atoms with E-state index in [0.29, 0.717) is 6.07 Å². The standard InChI is InChI=1S/C14H17F3O5/c1-3-22-12(19)7-10(18)13(20)8-4-5-11(21-2)9(6-8)14(15,16)17/h4-6,10,13,18,20H,3,7H2,1-2H3. The number of esters is 1. The van der Waals surface area contributed by atoms with Gasteiger partial charge in [0.15, 0.2) is 0 Å². The number of benzene rings is 1. The Bertz CT molecular complexity index is 516. The Morgan fingerprint density at radius 1 is 1.32 bits per heavy atom. The van der Waals surface area contributed by atoms with Gasteiger partial charge in [0.1, 0.15) is 11.9 Å². The summed E-state index contributed by atoms with van der Waals surface area (Å²) in [5.74, 6) is -1.15. The monoisotopic (exact) mass is 322 g/mol. The van der Waals surface area contributed by atoms with Crippen LogP contribution in [0.1, 0.15) is 30.6 Å². The van der Waals surface area contributed by atoms with Gasteiger partial charge in [-0.1, -0.05) is 6.07 Å². The molecule has 0 heterocycles. The Labute approximate surface area is 125 Å². The van der Waals surface area contributed by atoms with E-state index >= 15 is 0 Å². The second-order valence-corrected chi connectivity index (χ2v) is 4.48. The zero-order valence-corrected chi connectivity index (χ0v) is 12.1. The number of carbonyl (C=O) groups is 1. The summed E-state index contributed by atoms with van der Waals surface area (Å²) >= 11 is 0. The number of hydrogen-bond donors (Lipinski definition) is 2. The van der Waals surface area contributed by atoms with E-state index in [2.05, 4.69) is 9.47 Å². The summed E-state index contributed by atoms with van der Waals surface area (Å²) in [6.07, 6.45) is -8.43. The third-order valence-electron chi connectivity index (χ3n) is 2.92. The molecule has 22 heavy (non-hydrogen) atoms. The molecule has 0 saturated carbocycles. The van der Waals surface area contributed by atoms with E-state index in [4.69, 9.17) is 0 Å². The molecule has 1 aromatic rings. The molecule has 2 atom stereocenters. The van der Waals surface area contributed by atoms with Gasteiger partial charge in [-0.05, 0) is 24.6 Å². The van der Waals surface area contributed by atoms with Gasteiger partial charge in [0.25, 0.3) is 0 Å². The summed E-state index contributed by atoms with van der Waals surface area (Å²) in [5, 5.41) is 19.6. The molecule has 0 aromatic heterocycles. The molecule has 0 aliphatic rings. The van der Waals surface area contributed by atoms with Gasteiger partial charge in [-0.15, -0.1) is 0 Å². The van der Waals surface area contributed by atoms with Crippen molar-refractivity contribution in [2.24, 2.45) is 0 Å². The highest BCUT2D eigenvalue weighted by atomic mass is 19.4. The second-order valence-electron chi connectivity index (χ2n) is 4.48. The summed E-state index contributed by atoms with van der Waals surface area (Å²) in [7, 11) is 1.09. The van der Waals surface area contributed by atoms with E-state index < -0.39 is 42.1 Å². The van der Waals surface area contributed by atoms with Gasteiger partial charge in [-0.2, -0.15) is 13.2 Å². The van der Waals surface area contributed by atoms with Crippen molar-refractivity contribution >= 4 is 5.97 Å². The molecule has 1 aromatic carbocycles. The third-order valence-corrected chi connectivity index (χ3v) is 2.92. The van der Waals surface area contributed by atoms with Gasteiger partial charge < -0.3 is 19.7 Å². The van der Waals surface area contributed by atoms with Gasteiger partial charge in [-0.3, -0.25) is 4.79 Å². The van der Waals surface area contributed by atoms with E-state index in [0.717, 1.165) is 13.2 Å². The number of aliphatic hydroxyl groups is 2. The van der Waals surface area contributed by atoms with Crippen LogP contribution >= 0.6 is 0 Å². The van der Waals surface area contributed by atoms with Crippen molar-refractivity contribution in [1.82, 2.24) is 0 Å². The molecule has 2 unspecified atom stereocenters. The number of aliphatic hydroxyl groups excluding tert-OH is 2. The lowest BCUT2D eigenvalue weighted by Crippen LogP contribution is -2.23.